The van der Waals surface area contributed by atoms with E-state index in [0.29, 0.717) is 38.5 Å². The van der Waals surface area contributed by atoms with Gasteiger partial charge in [-0.05, 0) is 70.3 Å². The summed E-state index contributed by atoms with van der Waals surface area (Å²) in [5.74, 6) is -2.78. The number of aliphatic hydroxyl groups excluding tert-OH is 1. The van der Waals surface area contributed by atoms with Gasteiger partial charge in [0.05, 0.1) is 30.8 Å². The van der Waals surface area contributed by atoms with Crippen molar-refractivity contribution < 1.29 is 29.0 Å². The fraction of sp³-hybridized carbons (Fsp3) is 0.639. The number of rotatable bonds is 14. The molecule has 2 bridgehead atoms. The number of hydrogen-bond acceptors (Lipinski definition) is 6. The Kier molecular flexibility index (Phi) is 9.86. The lowest BCUT2D eigenvalue weighted by atomic mass is 9.66. The molecule has 44 heavy (non-hydrogen) atoms. The first-order chi connectivity index (χ1) is 20.7. The summed E-state index contributed by atoms with van der Waals surface area (Å²) in [5.41, 5.74) is -1.86. The van der Waals surface area contributed by atoms with E-state index in [9.17, 15) is 14.7 Å². The van der Waals surface area contributed by atoms with E-state index >= 15 is 4.79 Å². The Bertz CT molecular complexity index is 1240. The minimum absolute atomic E-state index is 0.0770. The van der Waals surface area contributed by atoms with Crippen molar-refractivity contribution in [3.63, 3.8) is 0 Å². The van der Waals surface area contributed by atoms with Crippen LogP contribution in [0.5, 0.6) is 0 Å². The number of unbranched alkanes of at least 4 members (excludes halogenated alkanes) is 1. The van der Waals surface area contributed by atoms with Gasteiger partial charge in [0.1, 0.15) is 17.6 Å². The molecule has 0 saturated carbocycles. The van der Waals surface area contributed by atoms with Gasteiger partial charge < -0.3 is 24.4 Å². The van der Waals surface area contributed by atoms with Crippen LogP contribution in [0.2, 0.25) is 0 Å². The van der Waals surface area contributed by atoms with E-state index in [1.54, 1.807) is 17.1 Å². The van der Waals surface area contributed by atoms with Crippen LogP contribution in [0, 0.1) is 17.3 Å². The Hall–Kier alpha value is -2.97. The molecule has 1 spiro atoms. The maximum absolute atomic E-state index is 15.0. The van der Waals surface area contributed by atoms with Gasteiger partial charge >= 0.3 is 5.97 Å². The standard InChI is InChI=1S/C36H52N2O6/c1-9-11-15-21-43-32(42)28-27-30(40)38(26(23-39)22-25-16-13-12-14-17-25)29(36(27)19-18-35(28,8)44-36)31(41)37(20-10-2)34(6,7)24-33(3,4)5/h9-10,12-14,16-17,26-29,39H,1-2,11,15,18-24H2,3-8H3/t26-,27+,28+,29?,35-,36?/m1/s1. The summed E-state index contributed by atoms with van der Waals surface area (Å²) in [7, 11) is 0. The zero-order chi connectivity index (χ0) is 32.5. The molecule has 3 heterocycles. The van der Waals surface area contributed by atoms with Crippen molar-refractivity contribution in [1.82, 2.24) is 9.80 Å². The Morgan fingerprint density at radius 3 is 2.43 bits per heavy atom. The third-order valence-electron chi connectivity index (χ3n) is 9.69. The molecular weight excluding hydrogens is 556 g/mol. The van der Waals surface area contributed by atoms with E-state index in [1.165, 1.54) is 0 Å². The van der Waals surface area contributed by atoms with E-state index in [0.717, 1.165) is 5.56 Å². The van der Waals surface area contributed by atoms with Gasteiger partial charge in [-0.2, -0.15) is 0 Å². The number of allylic oxidation sites excluding steroid dienone is 1. The maximum atomic E-state index is 15.0. The number of benzene rings is 1. The van der Waals surface area contributed by atoms with Gasteiger partial charge in [-0.25, -0.2) is 0 Å². The lowest BCUT2D eigenvalue weighted by molar-refractivity contribution is -0.163. The lowest BCUT2D eigenvalue weighted by Gasteiger charge is -2.46. The molecule has 8 nitrogen and oxygen atoms in total. The molecule has 6 atom stereocenters. The highest BCUT2D eigenvalue weighted by Crippen LogP contribution is 2.64. The summed E-state index contributed by atoms with van der Waals surface area (Å²) in [6.07, 6.45) is 6.89. The molecule has 1 N–H and O–H groups in total. The van der Waals surface area contributed by atoms with Gasteiger partial charge in [-0.15, -0.1) is 13.2 Å². The molecule has 3 fully saturated rings. The Labute approximate surface area is 263 Å². The Morgan fingerprint density at radius 1 is 1.16 bits per heavy atom. The highest BCUT2D eigenvalue weighted by molar-refractivity contribution is 5.99. The summed E-state index contributed by atoms with van der Waals surface area (Å²) >= 11 is 0. The number of hydrogen-bond donors (Lipinski definition) is 1. The first-order valence-electron chi connectivity index (χ1n) is 16.0. The molecule has 1 aromatic carbocycles. The van der Waals surface area contributed by atoms with Crippen LogP contribution in [0.4, 0.5) is 0 Å². The first-order valence-corrected chi connectivity index (χ1v) is 16.0. The molecule has 2 unspecified atom stereocenters. The van der Waals surface area contributed by atoms with E-state index < -0.39 is 46.6 Å². The number of nitrogens with zero attached hydrogens (tertiary/aromatic N) is 2. The molecular formula is C36H52N2O6. The minimum Gasteiger partial charge on any atom is -0.465 e. The molecule has 3 aliphatic heterocycles. The summed E-state index contributed by atoms with van der Waals surface area (Å²) in [5, 5.41) is 10.8. The molecule has 1 aromatic rings. The molecule has 0 aromatic heterocycles. The summed E-state index contributed by atoms with van der Waals surface area (Å²) in [4.78, 5) is 46.8. The fourth-order valence-corrected chi connectivity index (χ4v) is 8.33. The summed E-state index contributed by atoms with van der Waals surface area (Å²) in [6.45, 7) is 20.2. The minimum atomic E-state index is -1.21. The van der Waals surface area contributed by atoms with Crippen LogP contribution >= 0.6 is 0 Å². The van der Waals surface area contributed by atoms with E-state index in [1.807, 2.05) is 56.0 Å². The molecule has 242 valence electrons. The van der Waals surface area contributed by atoms with Crippen LogP contribution in [0.3, 0.4) is 0 Å². The summed E-state index contributed by atoms with van der Waals surface area (Å²) in [6, 6.07) is 7.93. The van der Waals surface area contributed by atoms with Crippen molar-refractivity contribution in [2.24, 2.45) is 17.3 Å². The topological polar surface area (TPSA) is 96.4 Å². The van der Waals surface area contributed by atoms with Gasteiger partial charge in [-0.1, -0.05) is 63.3 Å². The number of amides is 2. The number of aliphatic hydroxyl groups is 1. The average molecular weight is 609 g/mol. The quantitative estimate of drug-likeness (QED) is 0.180. The van der Waals surface area contributed by atoms with Crippen molar-refractivity contribution in [2.75, 3.05) is 19.8 Å². The lowest BCUT2D eigenvalue weighted by Crippen LogP contribution is -2.62. The number of carbonyl (C=O) groups is 3. The SMILES string of the molecule is C=CCCCOC(=O)[C@@H]1[C@H]2C(=O)N([C@@H](CO)Cc3ccccc3)C(C(=O)N(CC=C)C(C)(C)CC(C)(C)C)C23CC[C@@]1(C)O3. The van der Waals surface area contributed by atoms with E-state index in [-0.39, 0.29) is 37.0 Å². The van der Waals surface area contributed by atoms with E-state index in [4.69, 9.17) is 9.47 Å². The molecule has 3 aliphatic rings. The maximum Gasteiger partial charge on any atom is 0.312 e. The largest absolute Gasteiger partial charge is 0.465 e. The predicted octanol–water partition coefficient (Wildman–Crippen LogP) is 5.09. The zero-order valence-electron chi connectivity index (χ0n) is 27.5. The third-order valence-corrected chi connectivity index (χ3v) is 9.69. The van der Waals surface area contributed by atoms with Gasteiger partial charge in [0, 0.05) is 12.1 Å². The summed E-state index contributed by atoms with van der Waals surface area (Å²) < 4.78 is 12.5. The van der Waals surface area contributed by atoms with Crippen molar-refractivity contribution in [1.29, 1.82) is 0 Å². The second kappa shape index (κ2) is 12.8. The zero-order valence-corrected chi connectivity index (χ0v) is 27.5. The Morgan fingerprint density at radius 2 is 1.84 bits per heavy atom. The van der Waals surface area contributed by atoms with Crippen LogP contribution in [0.25, 0.3) is 0 Å². The van der Waals surface area contributed by atoms with Crippen LogP contribution in [-0.4, -0.2) is 81.3 Å². The van der Waals surface area contributed by atoms with Crippen molar-refractivity contribution in [3.05, 3.63) is 61.2 Å². The smallest absolute Gasteiger partial charge is 0.312 e. The number of carbonyl (C=O) groups excluding carboxylic acids is 3. The predicted molar refractivity (Wildman–Crippen MR) is 171 cm³/mol. The molecule has 0 radical (unpaired) electrons. The second-order valence-electron chi connectivity index (χ2n) is 14.9. The van der Waals surface area contributed by atoms with Crippen LogP contribution < -0.4 is 0 Å². The normalized spacial score (nSPS) is 28.5. The van der Waals surface area contributed by atoms with Gasteiger partial charge in [0.2, 0.25) is 11.8 Å². The fourth-order valence-electron chi connectivity index (χ4n) is 8.33. The van der Waals surface area contributed by atoms with Gasteiger partial charge in [-0.3, -0.25) is 14.4 Å². The van der Waals surface area contributed by atoms with Crippen LogP contribution in [-0.2, 0) is 30.3 Å². The average Bonchev–Trinajstić information content (AvgIpc) is 3.52. The van der Waals surface area contributed by atoms with Gasteiger partial charge in [0.15, 0.2) is 0 Å². The highest BCUT2D eigenvalue weighted by Gasteiger charge is 2.79. The second-order valence-corrected chi connectivity index (χ2v) is 14.9. The number of ether oxygens (including phenoxy) is 2. The molecule has 4 rings (SSSR count). The Balaban J connectivity index is 1.81. The van der Waals surface area contributed by atoms with Crippen LogP contribution in [0.1, 0.15) is 79.2 Å². The van der Waals surface area contributed by atoms with Gasteiger partial charge in [0.25, 0.3) is 0 Å². The first kappa shape index (κ1) is 33.9. The highest BCUT2D eigenvalue weighted by atomic mass is 16.6. The number of likely N-dealkylation sites (tertiary alicyclic amines) is 1. The third kappa shape index (κ3) is 6.25. The molecule has 0 aliphatic carbocycles. The van der Waals surface area contributed by atoms with E-state index in [2.05, 4.69) is 33.9 Å². The number of esters is 1. The number of fused-ring (bicyclic) bond motifs is 1. The monoisotopic (exact) mass is 608 g/mol. The van der Waals surface area contributed by atoms with Crippen molar-refractivity contribution in [3.8, 4) is 0 Å². The van der Waals surface area contributed by atoms with Crippen molar-refractivity contribution in [2.45, 2.75) is 109 Å². The van der Waals surface area contributed by atoms with Crippen molar-refractivity contribution >= 4 is 17.8 Å². The molecule has 3 saturated heterocycles. The van der Waals surface area contributed by atoms with Crippen LogP contribution in [0.15, 0.2) is 55.6 Å². The molecule has 8 heteroatoms. The molecule has 2 amide bonds.